The van der Waals surface area contributed by atoms with Crippen LogP contribution in [0.2, 0.25) is 10.0 Å². The van der Waals surface area contributed by atoms with Crippen molar-refractivity contribution >= 4 is 52.6 Å². The molecule has 1 aromatic rings. The zero-order valence-corrected chi connectivity index (χ0v) is 15.6. The van der Waals surface area contributed by atoms with Crippen LogP contribution in [0.15, 0.2) is 18.2 Å². The molecular formula is C16H21Cl2NOS2. The van der Waals surface area contributed by atoms with Crippen LogP contribution in [0.1, 0.15) is 31.2 Å². The van der Waals surface area contributed by atoms with Crippen LogP contribution in [-0.2, 0) is 10.5 Å². The fraction of sp³-hybridized carbons (Fsp3) is 0.562. The number of carbonyl (C=O) groups is 1. The second-order valence-corrected chi connectivity index (χ2v) is 8.59. The van der Waals surface area contributed by atoms with E-state index >= 15 is 0 Å². The van der Waals surface area contributed by atoms with Gasteiger partial charge in [-0.15, -0.1) is 11.8 Å². The van der Waals surface area contributed by atoms with Crippen LogP contribution in [-0.4, -0.2) is 29.2 Å². The first kappa shape index (κ1) is 18.3. The van der Waals surface area contributed by atoms with E-state index in [0.717, 1.165) is 28.9 Å². The van der Waals surface area contributed by atoms with Crippen molar-refractivity contribution in [2.45, 2.75) is 36.7 Å². The largest absolute Gasteiger partial charge is 0.355 e. The van der Waals surface area contributed by atoms with Crippen molar-refractivity contribution in [3.63, 3.8) is 0 Å². The molecule has 0 aliphatic heterocycles. The van der Waals surface area contributed by atoms with E-state index in [-0.39, 0.29) is 5.91 Å². The van der Waals surface area contributed by atoms with Gasteiger partial charge >= 0.3 is 0 Å². The van der Waals surface area contributed by atoms with Crippen molar-refractivity contribution in [3.8, 4) is 0 Å². The van der Waals surface area contributed by atoms with Crippen molar-refractivity contribution in [2.75, 3.05) is 18.1 Å². The second-order valence-electron chi connectivity index (χ2n) is 5.36. The summed E-state index contributed by atoms with van der Waals surface area (Å²) in [6.45, 7) is 0.766. The lowest BCUT2D eigenvalue weighted by Gasteiger charge is -2.09. The first-order valence-electron chi connectivity index (χ1n) is 7.55. The normalized spacial score (nSPS) is 15.2. The predicted molar refractivity (Wildman–Crippen MR) is 100 cm³/mol. The monoisotopic (exact) mass is 377 g/mol. The Hall–Kier alpha value is -0.0300. The van der Waals surface area contributed by atoms with Crippen LogP contribution < -0.4 is 5.32 Å². The molecule has 1 aliphatic rings. The maximum Gasteiger partial charge on any atom is 0.230 e. The number of thioether (sulfide) groups is 2. The zero-order valence-electron chi connectivity index (χ0n) is 12.4. The third-order valence-electron chi connectivity index (χ3n) is 3.59. The Morgan fingerprint density at radius 3 is 2.77 bits per heavy atom. The smallest absolute Gasteiger partial charge is 0.230 e. The summed E-state index contributed by atoms with van der Waals surface area (Å²) in [5, 5.41) is 5.10. The quantitative estimate of drug-likeness (QED) is 0.644. The van der Waals surface area contributed by atoms with E-state index in [2.05, 4.69) is 5.32 Å². The Morgan fingerprint density at radius 1 is 1.27 bits per heavy atom. The van der Waals surface area contributed by atoms with E-state index in [0.29, 0.717) is 15.8 Å². The standard InChI is InChI=1S/C16H21Cl2NOS2/c17-13-6-5-12(15(18)9-13)10-21-11-16(20)19-7-8-22-14-3-1-2-4-14/h5-6,9,14H,1-4,7-8,10-11H2,(H,19,20). The minimum atomic E-state index is 0.0992. The highest BCUT2D eigenvalue weighted by Crippen LogP contribution is 2.29. The summed E-state index contributed by atoms with van der Waals surface area (Å²) in [7, 11) is 0. The molecule has 1 saturated carbocycles. The van der Waals surface area contributed by atoms with Crippen molar-refractivity contribution < 1.29 is 4.79 Å². The summed E-state index contributed by atoms with van der Waals surface area (Å²) < 4.78 is 0. The van der Waals surface area contributed by atoms with Crippen LogP contribution in [0, 0.1) is 0 Å². The molecule has 1 amide bonds. The van der Waals surface area contributed by atoms with Gasteiger partial charge in [0.2, 0.25) is 5.91 Å². The summed E-state index contributed by atoms with van der Waals surface area (Å²) >= 11 is 15.5. The lowest BCUT2D eigenvalue weighted by Crippen LogP contribution is -2.27. The highest BCUT2D eigenvalue weighted by Gasteiger charge is 2.14. The molecule has 1 N–H and O–H groups in total. The van der Waals surface area contributed by atoms with Crippen LogP contribution in [0.25, 0.3) is 0 Å². The van der Waals surface area contributed by atoms with Crippen molar-refractivity contribution in [1.82, 2.24) is 5.32 Å². The number of nitrogens with one attached hydrogen (secondary N) is 1. The lowest BCUT2D eigenvalue weighted by molar-refractivity contribution is -0.118. The van der Waals surface area contributed by atoms with Gasteiger partial charge in [-0.2, -0.15) is 11.8 Å². The lowest BCUT2D eigenvalue weighted by atomic mass is 10.2. The van der Waals surface area contributed by atoms with Crippen LogP contribution in [0.4, 0.5) is 0 Å². The van der Waals surface area contributed by atoms with Crippen molar-refractivity contribution in [3.05, 3.63) is 33.8 Å². The zero-order chi connectivity index (χ0) is 15.8. The molecule has 0 radical (unpaired) electrons. The molecule has 0 bridgehead atoms. The molecule has 122 valence electrons. The summed E-state index contributed by atoms with van der Waals surface area (Å²) in [6, 6.07) is 5.47. The number of hydrogen-bond acceptors (Lipinski definition) is 3. The topological polar surface area (TPSA) is 29.1 Å². The third kappa shape index (κ3) is 6.61. The molecule has 1 aromatic carbocycles. The molecule has 22 heavy (non-hydrogen) atoms. The molecule has 6 heteroatoms. The number of rotatable bonds is 8. The minimum absolute atomic E-state index is 0.0992. The summed E-state index contributed by atoms with van der Waals surface area (Å²) in [5.74, 6) is 2.30. The molecule has 0 heterocycles. The van der Waals surface area contributed by atoms with E-state index in [1.54, 1.807) is 17.8 Å². The van der Waals surface area contributed by atoms with Gasteiger partial charge in [0.15, 0.2) is 0 Å². The first-order valence-corrected chi connectivity index (χ1v) is 10.5. The van der Waals surface area contributed by atoms with E-state index in [1.165, 1.54) is 25.7 Å². The molecule has 0 unspecified atom stereocenters. The van der Waals surface area contributed by atoms with Gasteiger partial charge in [-0.05, 0) is 30.5 Å². The third-order valence-corrected chi connectivity index (χ3v) is 6.54. The molecule has 1 fully saturated rings. The first-order chi connectivity index (χ1) is 10.6. The fourth-order valence-corrected chi connectivity index (χ4v) is 5.05. The van der Waals surface area contributed by atoms with Crippen LogP contribution in [0.5, 0.6) is 0 Å². The van der Waals surface area contributed by atoms with E-state index < -0.39 is 0 Å². The highest BCUT2D eigenvalue weighted by molar-refractivity contribution is 8.00. The Labute approximate surface area is 151 Å². The maximum atomic E-state index is 11.8. The predicted octanol–water partition coefficient (Wildman–Crippen LogP) is 5.02. The highest BCUT2D eigenvalue weighted by atomic mass is 35.5. The number of benzene rings is 1. The second kappa shape index (κ2) is 9.96. The summed E-state index contributed by atoms with van der Waals surface area (Å²) in [5.41, 5.74) is 1.01. The molecule has 0 spiro atoms. The molecule has 0 atom stereocenters. The minimum Gasteiger partial charge on any atom is -0.355 e. The summed E-state index contributed by atoms with van der Waals surface area (Å²) in [4.78, 5) is 11.8. The average molecular weight is 378 g/mol. The van der Waals surface area contributed by atoms with E-state index in [1.807, 2.05) is 23.9 Å². The Bertz CT molecular complexity index is 493. The van der Waals surface area contributed by atoms with Crippen LogP contribution in [0.3, 0.4) is 0 Å². The Morgan fingerprint density at radius 2 is 2.05 bits per heavy atom. The van der Waals surface area contributed by atoms with E-state index in [9.17, 15) is 4.79 Å². The molecule has 2 nitrogen and oxygen atoms in total. The van der Waals surface area contributed by atoms with Gasteiger partial charge < -0.3 is 5.32 Å². The van der Waals surface area contributed by atoms with Gasteiger partial charge in [0.25, 0.3) is 0 Å². The summed E-state index contributed by atoms with van der Waals surface area (Å²) in [6.07, 6.45) is 5.43. The fourth-order valence-electron chi connectivity index (χ4n) is 2.41. The van der Waals surface area contributed by atoms with Gasteiger partial charge in [0.1, 0.15) is 0 Å². The van der Waals surface area contributed by atoms with Gasteiger partial charge in [-0.1, -0.05) is 42.1 Å². The average Bonchev–Trinajstić information content (AvgIpc) is 2.99. The van der Waals surface area contributed by atoms with Crippen LogP contribution >= 0.6 is 46.7 Å². The number of carbonyl (C=O) groups excluding carboxylic acids is 1. The number of amides is 1. The molecule has 1 aliphatic carbocycles. The van der Waals surface area contributed by atoms with Crippen molar-refractivity contribution in [2.24, 2.45) is 0 Å². The maximum absolute atomic E-state index is 11.8. The van der Waals surface area contributed by atoms with Crippen molar-refractivity contribution in [1.29, 1.82) is 0 Å². The Kier molecular flexibility index (Phi) is 8.29. The number of hydrogen-bond donors (Lipinski definition) is 1. The SMILES string of the molecule is O=C(CSCc1ccc(Cl)cc1Cl)NCCSC1CCCC1. The number of halogens is 2. The van der Waals surface area contributed by atoms with Gasteiger partial charge in [0.05, 0.1) is 5.75 Å². The Balaban J connectivity index is 1.55. The van der Waals surface area contributed by atoms with E-state index in [4.69, 9.17) is 23.2 Å². The molecular weight excluding hydrogens is 357 g/mol. The molecule has 0 saturated heterocycles. The van der Waals surface area contributed by atoms with Gasteiger partial charge in [-0.3, -0.25) is 4.79 Å². The molecule has 0 aromatic heterocycles. The molecule has 2 rings (SSSR count). The van der Waals surface area contributed by atoms with Gasteiger partial charge in [0, 0.05) is 33.3 Å². The van der Waals surface area contributed by atoms with Gasteiger partial charge in [-0.25, -0.2) is 0 Å².